The van der Waals surface area contributed by atoms with Gasteiger partial charge in [0.1, 0.15) is 0 Å². The van der Waals surface area contributed by atoms with Crippen molar-refractivity contribution in [3.63, 3.8) is 0 Å². The number of amides is 2. The van der Waals surface area contributed by atoms with Gasteiger partial charge in [-0.1, -0.05) is 41.3 Å². The van der Waals surface area contributed by atoms with E-state index in [1.54, 1.807) is 28.9 Å². The van der Waals surface area contributed by atoms with Crippen molar-refractivity contribution >= 4 is 58.5 Å². The van der Waals surface area contributed by atoms with Gasteiger partial charge < -0.3 is 10.6 Å². The van der Waals surface area contributed by atoms with Crippen LogP contribution in [0.3, 0.4) is 0 Å². The number of nitrogens with zero attached hydrogens (tertiary/aromatic N) is 2. The Bertz CT molecular complexity index is 1030. The maximum absolute atomic E-state index is 12.5. The normalized spacial score (nSPS) is 11.6. The number of hydrogen-bond acceptors (Lipinski definition) is 6. The molecule has 0 aliphatic heterocycles. The molecule has 2 amide bonds. The van der Waals surface area contributed by atoms with Crippen LogP contribution in [0.5, 0.6) is 0 Å². The van der Waals surface area contributed by atoms with Gasteiger partial charge in [0.25, 0.3) is 0 Å². The molecular formula is C19H18N4O2S3. The van der Waals surface area contributed by atoms with Crippen LogP contribution in [-0.4, -0.2) is 26.8 Å². The van der Waals surface area contributed by atoms with Crippen molar-refractivity contribution in [2.75, 3.05) is 10.6 Å². The van der Waals surface area contributed by atoms with Crippen LogP contribution in [-0.2, 0) is 9.59 Å². The molecule has 0 saturated heterocycles. The van der Waals surface area contributed by atoms with Crippen LogP contribution in [0, 0.1) is 3.95 Å². The molecule has 0 aliphatic carbocycles. The van der Waals surface area contributed by atoms with Crippen molar-refractivity contribution in [1.82, 2.24) is 9.78 Å². The van der Waals surface area contributed by atoms with E-state index in [1.807, 2.05) is 37.3 Å². The molecule has 1 aromatic heterocycles. The summed E-state index contributed by atoms with van der Waals surface area (Å²) in [6.07, 6.45) is 0. The van der Waals surface area contributed by atoms with E-state index >= 15 is 0 Å². The lowest BCUT2D eigenvalue weighted by Crippen LogP contribution is -2.22. The second-order valence-electron chi connectivity index (χ2n) is 5.89. The number of benzene rings is 2. The standard InChI is InChI=1S/C19H18N4O2S3/c1-12(17(25)21-15-10-8-14(9-11-15)20-13(2)24)27-18-22-23(19(26)28-18)16-6-4-3-5-7-16/h3-12H,1-2H3,(H,20,24)(H,21,25)/t12-/m1/s1. The summed E-state index contributed by atoms with van der Waals surface area (Å²) in [6.45, 7) is 3.27. The van der Waals surface area contributed by atoms with Crippen LogP contribution in [0.2, 0.25) is 0 Å². The van der Waals surface area contributed by atoms with Crippen molar-refractivity contribution in [1.29, 1.82) is 0 Å². The van der Waals surface area contributed by atoms with Gasteiger partial charge >= 0.3 is 0 Å². The van der Waals surface area contributed by atoms with E-state index in [0.29, 0.717) is 15.3 Å². The van der Waals surface area contributed by atoms with Crippen LogP contribution in [0.1, 0.15) is 13.8 Å². The molecule has 0 unspecified atom stereocenters. The molecule has 144 valence electrons. The number of thioether (sulfide) groups is 1. The van der Waals surface area contributed by atoms with E-state index in [2.05, 4.69) is 15.7 Å². The third-order valence-corrected chi connectivity index (χ3v) is 6.07. The van der Waals surface area contributed by atoms with Crippen LogP contribution in [0.4, 0.5) is 11.4 Å². The summed E-state index contributed by atoms with van der Waals surface area (Å²) in [6, 6.07) is 16.6. The minimum absolute atomic E-state index is 0.135. The van der Waals surface area contributed by atoms with Gasteiger partial charge in [-0.15, -0.1) is 5.10 Å². The summed E-state index contributed by atoms with van der Waals surface area (Å²) in [5, 5.41) is 9.73. The maximum atomic E-state index is 12.5. The fourth-order valence-corrected chi connectivity index (χ4v) is 4.83. The van der Waals surface area contributed by atoms with Gasteiger partial charge in [-0.3, -0.25) is 9.59 Å². The Hall–Kier alpha value is -2.49. The summed E-state index contributed by atoms with van der Waals surface area (Å²) in [4.78, 5) is 23.5. The Morgan fingerprint density at radius 1 is 1.07 bits per heavy atom. The molecule has 1 heterocycles. The molecule has 0 aliphatic rings. The lowest BCUT2D eigenvalue weighted by molar-refractivity contribution is -0.115. The van der Waals surface area contributed by atoms with Gasteiger partial charge in [0.15, 0.2) is 8.29 Å². The molecule has 6 nitrogen and oxygen atoms in total. The molecule has 0 fully saturated rings. The Morgan fingerprint density at radius 2 is 1.68 bits per heavy atom. The van der Waals surface area contributed by atoms with Crippen molar-refractivity contribution < 1.29 is 9.59 Å². The number of para-hydroxylation sites is 1. The van der Waals surface area contributed by atoms with Crippen molar-refractivity contribution in [3.8, 4) is 5.69 Å². The summed E-state index contributed by atoms with van der Waals surface area (Å²) in [7, 11) is 0. The fourth-order valence-electron chi connectivity index (χ4n) is 2.33. The Kier molecular flexibility index (Phi) is 6.61. The van der Waals surface area contributed by atoms with E-state index in [0.717, 1.165) is 10.0 Å². The van der Waals surface area contributed by atoms with Crippen LogP contribution in [0.25, 0.3) is 5.69 Å². The van der Waals surface area contributed by atoms with Crippen molar-refractivity contribution in [2.24, 2.45) is 0 Å². The molecule has 0 radical (unpaired) electrons. The molecule has 28 heavy (non-hydrogen) atoms. The molecule has 9 heteroatoms. The molecule has 3 aromatic rings. The summed E-state index contributed by atoms with van der Waals surface area (Å²) in [5.41, 5.74) is 2.24. The highest BCUT2D eigenvalue weighted by Gasteiger charge is 2.17. The smallest absolute Gasteiger partial charge is 0.237 e. The van der Waals surface area contributed by atoms with Gasteiger partial charge in [0, 0.05) is 18.3 Å². The lowest BCUT2D eigenvalue weighted by atomic mass is 10.2. The van der Waals surface area contributed by atoms with Crippen LogP contribution >= 0.6 is 35.3 Å². The minimum atomic E-state index is -0.347. The van der Waals surface area contributed by atoms with Crippen molar-refractivity contribution in [2.45, 2.75) is 23.4 Å². The lowest BCUT2D eigenvalue weighted by Gasteiger charge is -2.11. The quantitative estimate of drug-likeness (QED) is 0.436. The SMILES string of the molecule is CC(=O)Nc1ccc(NC(=O)[C@@H](C)Sc2nn(-c3ccccc3)c(=S)s2)cc1. The molecular weight excluding hydrogens is 412 g/mol. The molecule has 1 atom stereocenters. The first-order valence-corrected chi connectivity index (χ1v) is 10.5. The number of nitrogens with one attached hydrogen (secondary N) is 2. The fraction of sp³-hybridized carbons (Fsp3) is 0.158. The average molecular weight is 431 g/mol. The first kappa shape index (κ1) is 20.2. The highest BCUT2D eigenvalue weighted by Crippen LogP contribution is 2.28. The van der Waals surface area contributed by atoms with E-state index in [1.165, 1.54) is 30.0 Å². The molecule has 0 saturated carbocycles. The van der Waals surface area contributed by atoms with E-state index in [9.17, 15) is 9.59 Å². The van der Waals surface area contributed by atoms with Gasteiger partial charge in [0.2, 0.25) is 11.8 Å². The van der Waals surface area contributed by atoms with E-state index in [4.69, 9.17) is 12.2 Å². The molecule has 2 N–H and O–H groups in total. The number of carbonyl (C=O) groups is 2. The zero-order valence-corrected chi connectivity index (χ0v) is 17.7. The van der Waals surface area contributed by atoms with Crippen molar-refractivity contribution in [3.05, 3.63) is 58.6 Å². The topological polar surface area (TPSA) is 76.0 Å². The predicted octanol–water partition coefficient (Wildman–Crippen LogP) is 4.74. The second-order valence-corrected chi connectivity index (χ2v) is 9.10. The highest BCUT2D eigenvalue weighted by atomic mass is 32.2. The Balaban J connectivity index is 1.63. The Morgan fingerprint density at radius 3 is 2.29 bits per heavy atom. The monoisotopic (exact) mass is 430 g/mol. The first-order chi connectivity index (χ1) is 13.4. The number of anilines is 2. The molecule has 3 rings (SSSR count). The zero-order valence-electron chi connectivity index (χ0n) is 15.2. The van der Waals surface area contributed by atoms with E-state index in [-0.39, 0.29) is 17.1 Å². The third-order valence-electron chi connectivity index (χ3n) is 3.65. The van der Waals surface area contributed by atoms with Gasteiger partial charge in [-0.05, 0) is 55.5 Å². The van der Waals surface area contributed by atoms with Crippen LogP contribution in [0.15, 0.2) is 58.9 Å². The number of carbonyl (C=O) groups excluding carboxylic acids is 2. The molecule has 0 spiro atoms. The third kappa shape index (κ3) is 5.28. The summed E-state index contributed by atoms with van der Waals surface area (Å²) in [5.74, 6) is -0.274. The number of rotatable bonds is 6. The van der Waals surface area contributed by atoms with Gasteiger partial charge in [-0.2, -0.15) is 0 Å². The maximum Gasteiger partial charge on any atom is 0.237 e. The average Bonchev–Trinajstić information content (AvgIpc) is 3.03. The minimum Gasteiger partial charge on any atom is -0.326 e. The van der Waals surface area contributed by atoms with Gasteiger partial charge in [0.05, 0.1) is 10.9 Å². The molecule has 0 bridgehead atoms. The first-order valence-electron chi connectivity index (χ1n) is 8.43. The number of aromatic nitrogens is 2. The summed E-state index contributed by atoms with van der Waals surface area (Å²) < 4.78 is 3.07. The van der Waals surface area contributed by atoms with E-state index < -0.39 is 0 Å². The summed E-state index contributed by atoms with van der Waals surface area (Å²) >= 11 is 8.14. The zero-order chi connectivity index (χ0) is 20.1. The Labute approximate surface area is 176 Å². The predicted molar refractivity (Wildman–Crippen MR) is 117 cm³/mol. The van der Waals surface area contributed by atoms with Crippen LogP contribution < -0.4 is 10.6 Å². The highest BCUT2D eigenvalue weighted by molar-refractivity contribution is 8.02. The number of hydrogen-bond donors (Lipinski definition) is 2. The second kappa shape index (κ2) is 9.13. The largest absolute Gasteiger partial charge is 0.326 e. The molecule has 2 aromatic carbocycles. The van der Waals surface area contributed by atoms with Gasteiger partial charge in [-0.25, -0.2) is 4.68 Å².